The van der Waals surface area contributed by atoms with Crippen LogP contribution in [-0.2, 0) is 10.7 Å². The molecular formula is C22H22F4N5O2P. The minimum absolute atomic E-state index is 0.117. The molecule has 3 aromatic rings. The van der Waals surface area contributed by atoms with Gasteiger partial charge in [0.2, 0.25) is 5.95 Å². The second-order valence-corrected chi connectivity index (χ2v) is 7.90. The Hall–Kier alpha value is -3.30. The molecule has 2 atom stereocenters. The van der Waals surface area contributed by atoms with Gasteiger partial charge in [-0.3, -0.25) is 4.79 Å². The summed E-state index contributed by atoms with van der Waals surface area (Å²) in [5.74, 6) is -2.39. The topological polar surface area (TPSA) is 88.2 Å². The van der Waals surface area contributed by atoms with E-state index in [1.807, 2.05) is 0 Å². The molecule has 1 amide bonds. The van der Waals surface area contributed by atoms with Crippen LogP contribution in [0.5, 0.6) is 0 Å². The number of halogens is 4. The molecule has 0 saturated carbocycles. The van der Waals surface area contributed by atoms with Crippen LogP contribution in [0.15, 0.2) is 54.7 Å². The van der Waals surface area contributed by atoms with Gasteiger partial charge in [0.15, 0.2) is 5.91 Å². The lowest BCUT2D eigenvalue weighted by atomic mass is 10.1. The van der Waals surface area contributed by atoms with E-state index in [9.17, 15) is 22.4 Å². The molecule has 1 heterocycles. The summed E-state index contributed by atoms with van der Waals surface area (Å²) in [6, 6.07) is 12.3. The summed E-state index contributed by atoms with van der Waals surface area (Å²) >= 11 is 0. The average Bonchev–Trinajstić information content (AvgIpc) is 2.82. The molecule has 0 saturated heterocycles. The van der Waals surface area contributed by atoms with Gasteiger partial charge < -0.3 is 20.5 Å². The Balaban J connectivity index is 1.88. The molecule has 0 radical (unpaired) electrons. The smallest absolute Gasteiger partial charge is 0.359 e. The molecule has 0 aliphatic carbocycles. The number of hydrogen-bond acceptors (Lipinski definition) is 6. The maximum Gasteiger partial charge on any atom is 0.421 e. The highest BCUT2D eigenvalue weighted by atomic mass is 31.1. The Kier molecular flexibility index (Phi) is 8.36. The van der Waals surface area contributed by atoms with Gasteiger partial charge >= 0.3 is 6.18 Å². The quantitative estimate of drug-likeness (QED) is 0.252. The van der Waals surface area contributed by atoms with Crippen molar-refractivity contribution in [3.8, 4) is 0 Å². The number of nitrogens with one attached hydrogen (secondary N) is 3. The molecule has 0 aliphatic heterocycles. The number of benzene rings is 2. The van der Waals surface area contributed by atoms with E-state index in [1.165, 1.54) is 19.2 Å². The number of nitrogens with zero attached hydrogens (tertiary/aromatic N) is 2. The first-order valence-corrected chi connectivity index (χ1v) is 11.1. The molecule has 3 rings (SSSR count). The lowest BCUT2D eigenvalue weighted by Crippen LogP contribution is -2.20. The number of aromatic nitrogens is 2. The molecule has 0 fully saturated rings. The lowest BCUT2D eigenvalue weighted by molar-refractivity contribution is -0.137. The summed E-state index contributed by atoms with van der Waals surface area (Å²) in [6.07, 6.45) is -4.09. The number of alkyl halides is 4. The van der Waals surface area contributed by atoms with Crippen LogP contribution in [0.25, 0.3) is 0 Å². The van der Waals surface area contributed by atoms with Gasteiger partial charge in [0.1, 0.15) is 11.4 Å². The number of hydrogen-bond donors (Lipinski definition) is 3. The van der Waals surface area contributed by atoms with Gasteiger partial charge in [0.05, 0.1) is 20.1 Å². The first-order chi connectivity index (χ1) is 16.2. The maximum atomic E-state index is 14.1. The summed E-state index contributed by atoms with van der Waals surface area (Å²) in [5.41, 5.74) is 0.0594. The Morgan fingerprint density at radius 1 is 1.12 bits per heavy atom. The number of carbonyl (C=O) groups is 1. The molecule has 0 bridgehead atoms. The third-order valence-corrected chi connectivity index (χ3v) is 5.53. The van der Waals surface area contributed by atoms with Crippen molar-refractivity contribution in [2.45, 2.75) is 19.0 Å². The molecule has 2 aromatic carbocycles. The van der Waals surface area contributed by atoms with E-state index in [4.69, 9.17) is 4.52 Å². The summed E-state index contributed by atoms with van der Waals surface area (Å²) < 4.78 is 59.9. The van der Waals surface area contributed by atoms with Crippen LogP contribution in [0.4, 0.5) is 40.7 Å². The number of para-hydroxylation sites is 1. The molecule has 180 valence electrons. The van der Waals surface area contributed by atoms with Crippen LogP contribution in [0.1, 0.15) is 34.3 Å². The Morgan fingerprint density at radius 2 is 1.82 bits per heavy atom. The highest BCUT2D eigenvalue weighted by Crippen LogP contribution is 2.38. The van der Waals surface area contributed by atoms with Crippen LogP contribution in [0, 0.1) is 0 Å². The summed E-state index contributed by atoms with van der Waals surface area (Å²) in [5, 5.41) is 7.84. The van der Waals surface area contributed by atoms with Crippen LogP contribution >= 0.6 is 8.81 Å². The molecule has 2 unspecified atom stereocenters. The molecule has 12 heteroatoms. The molecule has 7 nitrogen and oxygen atoms in total. The normalized spacial score (nSPS) is 12.5. The van der Waals surface area contributed by atoms with Gasteiger partial charge in [-0.05, 0) is 36.8 Å². The van der Waals surface area contributed by atoms with Crippen molar-refractivity contribution in [3.63, 3.8) is 0 Å². The van der Waals surface area contributed by atoms with Gasteiger partial charge in [0, 0.05) is 25.5 Å². The summed E-state index contributed by atoms with van der Waals surface area (Å²) in [6.45, 7) is 2.19. The van der Waals surface area contributed by atoms with Crippen LogP contribution < -0.4 is 16.0 Å². The van der Waals surface area contributed by atoms with Crippen LogP contribution in [-0.4, -0.2) is 29.5 Å². The van der Waals surface area contributed by atoms with Gasteiger partial charge in [-0.15, -0.1) is 0 Å². The highest BCUT2D eigenvalue weighted by molar-refractivity contribution is 7.32. The van der Waals surface area contributed by atoms with Crippen molar-refractivity contribution >= 4 is 37.9 Å². The van der Waals surface area contributed by atoms with Crippen molar-refractivity contribution in [3.05, 3.63) is 71.4 Å². The maximum absolute atomic E-state index is 14.1. The third kappa shape index (κ3) is 6.39. The van der Waals surface area contributed by atoms with Crippen molar-refractivity contribution in [1.29, 1.82) is 0 Å². The second kappa shape index (κ2) is 11.2. The largest absolute Gasteiger partial charge is 0.421 e. The Labute approximate surface area is 195 Å². The minimum atomic E-state index is -4.73. The average molecular weight is 495 g/mol. The monoisotopic (exact) mass is 495 g/mol. The predicted molar refractivity (Wildman–Crippen MR) is 124 cm³/mol. The van der Waals surface area contributed by atoms with Gasteiger partial charge in [-0.1, -0.05) is 24.3 Å². The van der Waals surface area contributed by atoms with Gasteiger partial charge in [0.25, 0.3) is 5.91 Å². The molecular weight excluding hydrogens is 473 g/mol. The number of anilines is 4. The Bertz CT molecular complexity index is 1130. The zero-order valence-electron chi connectivity index (χ0n) is 18.2. The minimum Gasteiger partial charge on any atom is -0.359 e. The van der Waals surface area contributed by atoms with E-state index in [1.54, 1.807) is 43.3 Å². The van der Waals surface area contributed by atoms with Crippen molar-refractivity contribution < 1.29 is 26.9 Å². The first-order valence-electron chi connectivity index (χ1n) is 10.1. The van der Waals surface area contributed by atoms with E-state index in [0.717, 1.165) is 0 Å². The fourth-order valence-corrected chi connectivity index (χ4v) is 3.53. The standard InChI is InChI=1S/C22H22F4N5O2P/c1-3-33-34-18(23)13-8-10-14(11-9-13)29-21-28-12-16(22(24,25)26)19(31-21)30-17-7-5-4-6-15(17)20(32)27-2/h4-12,18,34H,3H2,1-2H3,(H,27,32)(H2,28,29,30,31). The fraction of sp³-hybridized carbons (Fsp3) is 0.227. The van der Waals surface area contributed by atoms with Crippen molar-refractivity contribution in [2.24, 2.45) is 0 Å². The predicted octanol–water partition coefficient (Wildman–Crippen LogP) is 5.94. The van der Waals surface area contributed by atoms with Crippen molar-refractivity contribution in [2.75, 3.05) is 24.3 Å². The number of amides is 1. The third-order valence-electron chi connectivity index (χ3n) is 4.54. The second-order valence-electron chi connectivity index (χ2n) is 6.86. The zero-order chi connectivity index (χ0) is 24.7. The number of carbonyl (C=O) groups excluding carboxylic acids is 1. The van der Waals surface area contributed by atoms with E-state index in [2.05, 4.69) is 25.9 Å². The molecule has 1 aromatic heterocycles. The van der Waals surface area contributed by atoms with E-state index in [0.29, 0.717) is 24.1 Å². The van der Waals surface area contributed by atoms with Gasteiger partial charge in [-0.2, -0.15) is 18.2 Å². The van der Waals surface area contributed by atoms with E-state index >= 15 is 0 Å². The Morgan fingerprint density at radius 3 is 2.47 bits per heavy atom. The molecule has 0 aliphatic rings. The summed E-state index contributed by atoms with van der Waals surface area (Å²) in [4.78, 5) is 19.8. The van der Waals surface area contributed by atoms with Crippen LogP contribution in [0.2, 0.25) is 0 Å². The van der Waals surface area contributed by atoms with E-state index in [-0.39, 0.29) is 26.0 Å². The first kappa shape index (κ1) is 25.3. The molecule has 3 N–H and O–H groups in total. The van der Waals surface area contributed by atoms with E-state index < -0.39 is 29.4 Å². The number of rotatable bonds is 9. The van der Waals surface area contributed by atoms with Gasteiger partial charge in [-0.25, -0.2) is 9.37 Å². The molecule has 0 spiro atoms. The fourth-order valence-electron chi connectivity index (χ4n) is 2.89. The van der Waals surface area contributed by atoms with Crippen molar-refractivity contribution in [1.82, 2.24) is 15.3 Å². The zero-order valence-corrected chi connectivity index (χ0v) is 19.2. The lowest BCUT2D eigenvalue weighted by Gasteiger charge is -2.16. The molecule has 34 heavy (non-hydrogen) atoms. The summed E-state index contributed by atoms with van der Waals surface area (Å²) in [7, 11) is 1.09. The SMILES string of the molecule is CCOPC(F)c1ccc(Nc2ncc(C(F)(F)F)c(Nc3ccccc3C(=O)NC)n2)cc1. The highest BCUT2D eigenvalue weighted by Gasteiger charge is 2.35. The van der Waals surface area contributed by atoms with Crippen LogP contribution in [0.3, 0.4) is 0 Å².